The number of alkyl halides is 1. The van der Waals surface area contributed by atoms with Crippen molar-refractivity contribution in [3.63, 3.8) is 0 Å². The molecule has 0 bridgehead atoms. The highest BCUT2D eigenvalue weighted by Gasteiger charge is 2.08. The van der Waals surface area contributed by atoms with Gasteiger partial charge in [0.15, 0.2) is 0 Å². The summed E-state index contributed by atoms with van der Waals surface area (Å²) in [6.07, 6.45) is 0.407. The van der Waals surface area contributed by atoms with Gasteiger partial charge in [-0.1, -0.05) is 23.8 Å². The first kappa shape index (κ1) is 13.4. The molecule has 0 fully saturated rings. The quantitative estimate of drug-likeness (QED) is 0.828. The van der Waals surface area contributed by atoms with E-state index in [-0.39, 0.29) is 25.1 Å². The Morgan fingerprint density at radius 1 is 1.36 bits per heavy atom. The summed E-state index contributed by atoms with van der Waals surface area (Å²) in [6.45, 7) is 3.67. The van der Waals surface area contributed by atoms with E-state index in [9.17, 15) is 4.39 Å². The van der Waals surface area contributed by atoms with Gasteiger partial charge in [0.25, 0.3) is 0 Å². The molecule has 0 spiro atoms. The fourth-order valence-corrected chi connectivity index (χ4v) is 1.43. The molecule has 0 amide bonds. The molecule has 0 aliphatic carbocycles. The van der Waals surface area contributed by atoms with E-state index < -0.39 is 0 Å². The normalized spacial score (nSPS) is 12.0. The molecule has 1 aromatic rings. The van der Waals surface area contributed by atoms with Crippen LogP contribution in [0.15, 0.2) is 18.2 Å². The van der Waals surface area contributed by atoms with Crippen LogP contribution in [0.25, 0.3) is 0 Å². The summed E-state index contributed by atoms with van der Waals surface area (Å²) in [6, 6.07) is 5.95. The second-order valence-electron chi connectivity index (χ2n) is 3.44. The highest BCUT2D eigenvalue weighted by Crippen LogP contribution is 2.19. The Hall–Kier alpha value is -0.600. The number of nitrogens with two attached hydrogens (primary N) is 1. The maximum atomic E-state index is 12.1. The van der Waals surface area contributed by atoms with E-state index >= 15 is 0 Å². The van der Waals surface area contributed by atoms with Crippen LogP contribution in [-0.2, 0) is 0 Å². The van der Waals surface area contributed by atoms with Crippen LogP contribution in [0.1, 0.15) is 29.2 Å². The zero-order valence-corrected chi connectivity index (χ0v) is 9.40. The Morgan fingerprint density at radius 2 is 2.00 bits per heavy atom. The van der Waals surface area contributed by atoms with Gasteiger partial charge in [0.05, 0.1) is 6.67 Å². The van der Waals surface area contributed by atoms with Crippen LogP contribution in [-0.4, -0.2) is 6.67 Å². The third-order valence-corrected chi connectivity index (χ3v) is 2.25. The minimum atomic E-state index is -0.353. The van der Waals surface area contributed by atoms with Gasteiger partial charge in [-0.15, -0.1) is 12.4 Å². The monoisotopic (exact) mass is 217 g/mol. The first-order valence-electron chi connectivity index (χ1n) is 4.54. The summed E-state index contributed by atoms with van der Waals surface area (Å²) in [7, 11) is 0. The second kappa shape index (κ2) is 5.99. The third kappa shape index (κ3) is 3.28. The Morgan fingerprint density at radius 3 is 2.57 bits per heavy atom. The van der Waals surface area contributed by atoms with Gasteiger partial charge < -0.3 is 5.73 Å². The van der Waals surface area contributed by atoms with Gasteiger partial charge in [0.2, 0.25) is 0 Å². The van der Waals surface area contributed by atoms with Crippen molar-refractivity contribution in [3.05, 3.63) is 34.9 Å². The first-order chi connectivity index (χ1) is 6.15. The van der Waals surface area contributed by atoms with Crippen LogP contribution >= 0.6 is 12.4 Å². The summed E-state index contributed by atoms with van der Waals surface area (Å²) >= 11 is 0. The first-order valence-corrected chi connectivity index (χ1v) is 4.54. The molecule has 0 heterocycles. The van der Waals surface area contributed by atoms with E-state index in [1.165, 1.54) is 5.56 Å². The van der Waals surface area contributed by atoms with Gasteiger partial charge in [-0.05, 0) is 31.4 Å². The molecule has 80 valence electrons. The lowest BCUT2D eigenvalue weighted by molar-refractivity contribution is 0.441. The molecule has 0 aromatic heterocycles. The predicted octanol–water partition coefficient (Wildman–Crippen LogP) is 3.08. The van der Waals surface area contributed by atoms with Crippen LogP contribution in [0.3, 0.4) is 0 Å². The Bertz CT molecular complexity index is 289. The number of hydrogen-bond donors (Lipinski definition) is 1. The van der Waals surface area contributed by atoms with E-state index in [0.29, 0.717) is 6.42 Å². The molecule has 14 heavy (non-hydrogen) atoms. The van der Waals surface area contributed by atoms with Crippen LogP contribution < -0.4 is 5.73 Å². The summed E-state index contributed by atoms with van der Waals surface area (Å²) in [5.41, 5.74) is 9.22. The lowest BCUT2D eigenvalue weighted by Gasteiger charge is -2.13. The van der Waals surface area contributed by atoms with Gasteiger partial charge in [-0.2, -0.15) is 0 Å². The van der Waals surface area contributed by atoms with Crippen molar-refractivity contribution in [2.75, 3.05) is 6.67 Å². The van der Waals surface area contributed by atoms with Crippen molar-refractivity contribution < 1.29 is 4.39 Å². The van der Waals surface area contributed by atoms with E-state index in [4.69, 9.17) is 5.73 Å². The topological polar surface area (TPSA) is 26.0 Å². The van der Waals surface area contributed by atoms with Crippen molar-refractivity contribution >= 4 is 12.4 Å². The number of benzene rings is 1. The highest BCUT2D eigenvalue weighted by molar-refractivity contribution is 5.85. The molecule has 0 saturated heterocycles. The fourth-order valence-electron chi connectivity index (χ4n) is 1.43. The van der Waals surface area contributed by atoms with Crippen LogP contribution in [0, 0.1) is 13.8 Å². The zero-order chi connectivity index (χ0) is 9.84. The largest absolute Gasteiger partial charge is 0.324 e. The molecule has 0 saturated carbocycles. The average molecular weight is 218 g/mol. The Kier molecular flexibility index (Phi) is 5.73. The Balaban J connectivity index is 0.00000169. The van der Waals surface area contributed by atoms with E-state index in [1.54, 1.807) is 0 Å². The molecule has 1 aromatic carbocycles. The molecule has 0 unspecified atom stereocenters. The Labute approximate surface area is 90.9 Å². The summed E-state index contributed by atoms with van der Waals surface area (Å²) in [5.74, 6) is 0. The van der Waals surface area contributed by atoms with Crippen molar-refractivity contribution in [1.29, 1.82) is 0 Å². The van der Waals surface area contributed by atoms with Crippen LogP contribution in [0.4, 0.5) is 4.39 Å². The van der Waals surface area contributed by atoms with Crippen molar-refractivity contribution in [3.8, 4) is 0 Å². The average Bonchev–Trinajstić information content (AvgIpc) is 2.09. The molecule has 0 radical (unpaired) electrons. The number of aryl methyl sites for hydroxylation is 2. The highest BCUT2D eigenvalue weighted by atomic mass is 35.5. The van der Waals surface area contributed by atoms with Crippen molar-refractivity contribution in [1.82, 2.24) is 0 Å². The molecule has 3 heteroatoms. The molecule has 2 N–H and O–H groups in total. The van der Waals surface area contributed by atoms with Crippen LogP contribution in [0.5, 0.6) is 0 Å². The lowest BCUT2D eigenvalue weighted by atomic mass is 9.98. The molecule has 0 aliphatic heterocycles. The maximum absolute atomic E-state index is 12.1. The number of rotatable bonds is 3. The summed E-state index contributed by atoms with van der Waals surface area (Å²) in [4.78, 5) is 0. The van der Waals surface area contributed by atoms with Gasteiger partial charge >= 0.3 is 0 Å². The summed E-state index contributed by atoms with van der Waals surface area (Å²) < 4.78 is 12.1. The predicted molar refractivity (Wildman–Crippen MR) is 60.7 cm³/mol. The molecule has 1 nitrogen and oxygen atoms in total. The number of hydrogen-bond acceptors (Lipinski definition) is 1. The molecule has 0 aliphatic rings. The smallest absolute Gasteiger partial charge is 0.0912 e. The third-order valence-electron chi connectivity index (χ3n) is 2.25. The van der Waals surface area contributed by atoms with Crippen molar-refractivity contribution in [2.45, 2.75) is 26.3 Å². The van der Waals surface area contributed by atoms with Gasteiger partial charge in [-0.3, -0.25) is 4.39 Å². The van der Waals surface area contributed by atoms with E-state index in [0.717, 1.165) is 11.1 Å². The summed E-state index contributed by atoms with van der Waals surface area (Å²) in [5, 5.41) is 0. The zero-order valence-electron chi connectivity index (χ0n) is 8.59. The van der Waals surface area contributed by atoms with Gasteiger partial charge in [0, 0.05) is 6.04 Å². The maximum Gasteiger partial charge on any atom is 0.0912 e. The fraction of sp³-hybridized carbons (Fsp3) is 0.455. The van der Waals surface area contributed by atoms with Crippen LogP contribution in [0.2, 0.25) is 0 Å². The van der Waals surface area contributed by atoms with Crippen molar-refractivity contribution in [2.24, 2.45) is 5.73 Å². The molecular weight excluding hydrogens is 201 g/mol. The number of halogens is 2. The second-order valence-corrected chi connectivity index (χ2v) is 3.44. The standard InChI is InChI=1S/C11H16FN.ClH/c1-8-3-4-9(2)10(7-8)11(13)5-6-12;/h3-4,7,11H,5-6,13H2,1-2H3;1H/t11-;/m1./s1. The van der Waals surface area contributed by atoms with E-state index in [1.807, 2.05) is 32.0 Å². The minimum absolute atomic E-state index is 0. The lowest BCUT2D eigenvalue weighted by Crippen LogP contribution is -2.12. The van der Waals surface area contributed by atoms with Gasteiger partial charge in [-0.25, -0.2) is 0 Å². The minimum Gasteiger partial charge on any atom is -0.324 e. The molecular formula is C11H17ClFN. The molecule has 1 atom stereocenters. The van der Waals surface area contributed by atoms with Gasteiger partial charge in [0.1, 0.15) is 0 Å². The molecule has 1 rings (SSSR count). The van der Waals surface area contributed by atoms with E-state index in [2.05, 4.69) is 0 Å². The SMILES string of the molecule is Cc1ccc(C)c([C@H](N)CCF)c1.Cl.